The molecule has 0 saturated carbocycles. The summed E-state index contributed by atoms with van der Waals surface area (Å²) in [6.07, 6.45) is 0.354. The molecule has 31 heavy (non-hydrogen) atoms. The Bertz CT molecular complexity index is 976. The fourth-order valence-electron chi connectivity index (χ4n) is 4.58. The van der Waals surface area contributed by atoms with E-state index in [1.807, 2.05) is 12.1 Å². The number of aliphatic carboxylic acids is 1. The third kappa shape index (κ3) is 3.93. The van der Waals surface area contributed by atoms with Crippen LogP contribution in [-0.4, -0.2) is 50.9 Å². The molecule has 1 heterocycles. The van der Waals surface area contributed by atoms with Gasteiger partial charge in [-0.1, -0.05) is 6.07 Å². The third-order valence-electron chi connectivity index (χ3n) is 5.92. The van der Waals surface area contributed by atoms with Gasteiger partial charge >= 0.3 is 35.5 Å². The Kier molecular flexibility index (Phi) is 7.26. The third-order valence-corrected chi connectivity index (χ3v) is 5.92. The van der Waals surface area contributed by atoms with Gasteiger partial charge in [-0.3, -0.25) is 4.79 Å². The number of aliphatic hydroxyl groups excluding tert-OH is 1. The molecule has 0 aromatic heterocycles. The summed E-state index contributed by atoms with van der Waals surface area (Å²) in [6, 6.07) is 7.17. The van der Waals surface area contributed by atoms with E-state index in [0.29, 0.717) is 35.2 Å². The molecule has 0 saturated heterocycles. The Morgan fingerprint density at radius 3 is 2.45 bits per heavy atom. The van der Waals surface area contributed by atoms with E-state index in [2.05, 4.69) is 0 Å². The van der Waals surface area contributed by atoms with Crippen molar-refractivity contribution in [3.8, 4) is 28.7 Å². The van der Waals surface area contributed by atoms with Crippen molar-refractivity contribution in [1.29, 1.82) is 0 Å². The molecule has 0 bridgehead atoms. The van der Waals surface area contributed by atoms with Crippen LogP contribution in [0.1, 0.15) is 22.6 Å². The summed E-state index contributed by atoms with van der Waals surface area (Å²) < 4.78 is 27.5. The SMILES string of the molecule is COc1ccc(C2c3cc4c(c(OC)c3CC(CO)C2C(=O)O)OCO4)cc1OC.[Na+]. The molecule has 9 heteroatoms. The molecule has 2 aliphatic rings. The zero-order chi connectivity index (χ0) is 21.4. The van der Waals surface area contributed by atoms with Gasteiger partial charge in [0.15, 0.2) is 23.0 Å². The number of fused-ring (bicyclic) bond motifs is 2. The molecule has 2 aromatic carbocycles. The van der Waals surface area contributed by atoms with Gasteiger partial charge in [0.25, 0.3) is 0 Å². The number of benzene rings is 2. The summed E-state index contributed by atoms with van der Waals surface area (Å²) in [6.45, 7) is -0.195. The van der Waals surface area contributed by atoms with Crippen LogP contribution in [0, 0.1) is 11.8 Å². The van der Waals surface area contributed by atoms with E-state index < -0.39 is 23.7 Å². The number of carbonyl (C=O) groups is 1. The quantitative estimate of drug-likeness (QED) is 0.578. The predicted molar refractivity (Wildman–Crippen MR) is 106 cm³/mol. The molecule has 0 radical (unpaired) electrons. The second-order valence-corrected chi connectivity index (χ2v) is 7.31. The predicted octanol–water partition coefficient (Wildman–Crippen LogP) is -0.558. The Morgan fingerprint density at radius 1 is 1.10 bits per heavy atom. The molecule has 1 aliphatic carbocycles. The van der Waals surface area contributed by atoms with Crippen molar-refractivity contribution in [2.75, 3.05) is 34.7 Å². The fraction of sp³-hybridized carbons (Fsp3) is 0.409. The zero-order valence-corrected chi connectivity index (χ0v) is 20.0. The van der Waals surface area contributed by atoms with Crippen molar-refractivity contribution in [2.24, 2.45) is 11.8 Å². The van der Waals surface area contributed by atoms with Crippen molar-refractivity contribution >= 4 is 5.97 Å². The van der Waals surface area contributed by atoms with Gasteiger partial charge in [0.1, 0.15) is 0 Å². The summed E-state index contributed by atoms with van der Waals surface area (Å²) in [4.78, 5) is 12.3. The number of carboxylic acid groups (broad SMARTS) is 1. The van der Waals surface area contributed by atoms with Gasteiger partial charge in [-0.15, -0.1) is 0 Å². The number of rotatable bonds is 6. The Labute approximate surface area is 202 Å². The van der Waals surface area contributed by atoms with Crippen molar-refractivity contribution in [1.82, 2.24) is 0 Å². The normalized spacial score (nSPS) is 21.0. The van der Waals surface area contributed by atoms with Gasteiger partial charge in [-0.05, 0) is 35.7 Å². The number of ether oxygens (including phenoxy) is 5. The van der Waals surface area contributed by atoms with Crippen molar-refractivity contribution in [3.63, 3.8) is 0 Å². The molecular weight excluding hydrogens is 415 g/mol. The first-order chi connectivity index (χ1) is 14.5. The van der Waals surface area contributed by atoms with E-state index in [1.165, 1.54) is 7.11 Å². The van der Waals surface area contributed by atoms with E-state index in [0.717, 1.165) is 16.7 Å². The summed E-state index contributed by atoms with van der Waals surface area (Å²) >= 11 is 0. The van der Waals surface area contributed by atoms with Gasteiger partial charge in [0.2, 0.25) is 12.5 Å². The van der Waals surface area contributed by atoms with Crippen LogP contribution in [0.2, 0.25) is 0 Å². The van der Waals surface area contributed by atoms with Crippen LogP contribution in [0.15, 0.2) is 24.3 Å². The number of carboxylic acids is 1. The first-order valence-corrected chi connectivity index (χ1v) is 9.58. The Morgan fingerprint density at radius 2 is 1.84 bits per heavy atom. The molecular formula is C22H24NaO8+. The van der Waals surface area contributed by atoms with Crippen molar-refractivity contribution < 1.29 is 68.2 Å². The van der Waals surface area contributed by atoms with Crippen molar-refractivity contribution in [3.05, 3.63) is 41.0 Å². The second kappa shape index (κ2) is 9.56. The van der Waals surface area contributed by atoms with E-state index in [4.69, 9.17) is 23.7 Å². The topological polar surface area (TPSA) is 104 Å². The Balaban J connectivity index is 0.00000272. The summed E-state index contributed by atoms with van der Waals surface area (Å²) in [5.74, 6) is -0.273. The minimum atomic E-state index is -0.976. The number of hydrogen-bond acceptors (Lipinski definition) is 7. The number of methoxy groups -OCH3 is 3. The van der Waals surface area contributed by atoms with Gasteiger partial charge in [0, 0.05) is 24.0 Å². The van der Waals surface area contributed by atoms with E-state index in [-0.39, 0.29) is 43.0 Å². The second-order valence-electron chi connectivity index (χ2n) is 7.31. The first kappa shape index (κ1) is 23.5. The maximum Gasteiger partial charge on any atom is 1.00 e. The molecule has 0 amide bonds. The van der Waals surface area contributed by atoms with Crippen LogP contribution >= 0.6 is 0 Å². The molecule has 0 fully saturated rings. The van der Waals surface area contributed by atoms with Crippen LogP contribution in [0.3, 0.4) is 0 Å². The molecule has 2 N–H and O–H groups in total. The maximum absolute atomic E-state index is 12.3. The van der Waals surface area contributed by atoms with Gasteiger partial charge < -0.3 is 33.9 Å². The molecule has 3 unspecified atom stereocenters. The largest absolute Gasteiger partial charge is 1.00 e. The van der Waals surface area contributed by atoms with Crippen LogP contribution in [0.25, 0.3) is 0 Å². The van der Waals surface area contributed by atoms with E-state index in [1.54, 1.807) is 26.4 Å². The standard InChI is InChI=1S/C22H24O8.Na/c1-26-15-5-4-11(7-16(15)27-2)18-13-8-17-21(30-10-29-17)20(28-3)14(13)6-12(9-23)19(18)22(24)25;/h4-5,7-8,12,18-19,23H,6,9-10H2,1-3H3,(H,24,25);/q;+1. The average molecular weight is 439 g/mol. The number of hydrogen-bond donors (Lipinski definition) is 2. The van der Waals surface area contributed by atoms with Gasteiger partial charge in [-0.25, -0.2) is 0 Å². The van der Waals surface area contributed by atoms with E-state index in [9.17, 15) is 15.0 Å². The molecule has 4 rings (SSSR count). The van der Waals surface area contributed by atoms with Crippen LogP contribution in [0.4, 0.5) is 0 Å². The van der Waals surface area contributed by atoms with E-state index >= 15 is 0 Å². The minimum Gasteiger partial charge on any atom is -0.493 e. The monoisotopic (exact) mass is 439 g/mol. The molecule has 160 valence electrons. The fourth-order valence-corrected chi connectivity index (χ4v) is 4.58. The smallest absolute Gasteiger partial charge is 0.493 e. The summed E-state index contributed by atoms with van der Waals surface area (Å²) in [5, 5.41) is 20.1. The summed E-state index contributed by atoms with van der Waals surface area (Å²) in [5.41, 5.74) is 2.33. The number of aliphatic hydroxyl groups is 1. The molecule has 8 nitrogen and oxygen atoms in total. The zero-order valence-electron chi connectivity index (χ0n) is 18.0. The molecule has 3 atom stereocenters. The van der Waals surface area contributed by atoms with Crippen LogP contribution in [-0.2, 0) is 11.2 Å². The molecule has 0 spiro atoms. The van der Waals surface area contributed by atoms with Crippen molar-refractivity contribution in [2.45, 2.75) is 12.3 Å². The average Bonchev–Trinajstić information content (AvgIpc) is 3.23. The molecule has 2 aromatic rings. The maximum atomic E-state index is 12.3. The van der Waals surface area contributed by atoms with Crippen LogP contribution in [0.5, 0.6) is 28.7 Å². The first-order valence-electron chi connectivity index (χ1n) is 9.58. The Hall–Kier alpha value is -2.13. The van der Waals surface area contributed by atoms with Gasteiger partial charge in [-0.2, -0.15) is 0 Å². The van der Waals surface area contributed by atoms with Crippen LogP contribution < -0.4 is 53.2 Å². The summed E-state index contributed by atoms with van der Waals surface area (Å²) in [7, 11) is 4.61. The minimum absolute atomic E-state index is 0. The van der Waals surface area contributed by atoms with Gasteiger partial charge in [0.05, 0.1) is 27.2 Å². The molecule has 1 aliphatic heterocycles.